The number of aromatic nitrogens is 1. The molecule has 0 unspecified atom stereocenters. The van der Waals surface area contributed by atoms with E-state index in [1.54, 1.807) is 27.8 Å². The molecular weight excluding hydrogens is 379 g/mol. The number of carbonyl (C=O) groups is 2. The molecule has 4 aromatic rings. The Morgan fingerprint density at radius 2 is 1.53 bits per heavy atom. The van der Waals surface area contributed by atoms with Gasteiger partial charge in [0.15, 0.2) is 5.78 Å². The molecule has 0 radical (unpaired) electrons. The molecule has 4 nitrogen and oxygen atoms in total. The summed E-state index contributed by atoms with van der Waals surface area (Å²) in [6, 6.07) is 22.8. The van der Waals surface area contributed by atoms with E-state index in [1.165, 1.54) is 12.1 Å². The number of hydrogen-bond donors (Lipinski definition) is 0. The highest BCUT2D eigenvalue weighted by Crippen LogP contribution is 2.25. The fourth-order valence-corrected chi connectivity index (χ4v) is 3.69. The number of carbonyl (C=O) groups excluding carboxylic acids is 2. The second-order valence-electron chi connectivity index (χ2n) is 6.97. The maximum atomic E-state index is 14.2. The molecule has 0 spiro atoms. The number of fused-ring (bicyclic) bond motifs is 1. The van der Waals surface area contributed by atoms with Gasteiger partial charge >= 0.3 is 0 Å². The Morgan fingerprint density at radius 3 is 2.27 bits per heavy atom. The van der Waals surface area contributed by atoms with Crippen molar-refractivity contribution in [2.24, 2.45) is 0 Å². The molecule has 1 aromatic heterocycles. The normalized spacial score (nSPS) is 10.9. The number of benzene rings is 3. The van der Waals surface area contributed by atoms with Gasteiger partial charge in [-0.25, -0.2) is 4.39 Å². The SMILES string of the molecule is CCN(C(=O)Cn1cc(C(=O)c2ccccc2F)c2ccccc21)c1ccccc1. The number of para-hydroxylation sites is 2. The summed E-state index contributed by atoms with van der Waals surface area (Å²) in [4.78, 5) is 27.8. The lowest BCUT2D eigenvalue weighted by molar-refractivity contribution is -0.119. The molecule has 0 aliphatic rings. The van der Waals surface area contributed by atoms with Gasteiger partial charge in [0.1, 0.15) is 12.4 Å². The zero-order valence-corrected chi connectivity index (χ0v) is 16.6. The van der Waals surface area contributed by atoms with Crippen LogP contribution >= 0.6 is 0 Å². The van der Waals surface area contributed by atoms with Crippen LogP contribution in [0.15, 0.2) is 85.1 Å². The summed E-state index contributed by atoms with van der Waals surface area (Å²) in [6.07, 6.45) is 1.65. The minimum atomic E-state index is -0.559. The third kappa shape index (κ3) is 3.62. The average molecular weight is 400 g/mol. The highest BCUT2D eigenvalue weighted by molar-refractivity contribution is 6.16. The third-order valence-electron chi connectivity index (χ3n) is 5.14. The molecule has 0 aliphatic heterocycles. The van der Waals surface area contributed by atoms with Gasteiger partial charge in [-0.2, -0.15) is 0 Å². The minimum Gasteiger partial charge on any atom is -0.337 e. The molecule has 5 heteroatoms. The topological polar surface area (TPSA) is 42.3 Å². The molecule has 1 heterocycles. The van der Waals surface area contributed by atoms with E-state index in [0.29, 0.717) is 17.5 Å². The highest BCUT2D eigenvalue weighted by atomic mass is 19.1. The number of hydrogen-bond acceptors (Lipinski definition) is 2. The zero-order chi connectivity index (χ0) is 21.1. The van der Waals surface area contributed by atoms with E-state index in [1.807, 2.05) is 61.5 Å². The monoisotopic (exact) mass is 400 g/mol. The number of likely N-dealkylation sites (N-methyl/N-ethyl adjacent to an activating group) is 1. The average Bonchev–Trinajstić information content (AvgIpc) is 3.13. The predicted molar refractivity (Wildman–Crippen MR) is 116 cm³/mol. The molecule has 4 rings (SSSR count). The Kier molecular flexibility index (Phi) is 5.44. The first-order chi connectivity index (χ1) is 14.6. The molecule has 0 saturated heterocycles. The van der Waals surface area contributed by atoms with Gasteiger partial charge in [-0.3, -0.25) is 9.59 Å². The van der Waals surface area contributed by atoms with Gasteiger partial charge in [0.2, 0.25) is 5.91 Å². The van der Waals surface area contributed by atoms with Crippen LogP contribution in [0.3, 0.4) is 0 Å². The lowest BCUT2D eigenvalue weighted by Gasteiger charge is -2.21. The van der Waals surface area contributed by atoms with Crippen LogP contribution < -0.4 is 4.90 Å². The van der Waals surface area contributed by atoms with Gasteiger partial charge in [0.25, 0.3) is 0 Å². The van der Waals surface area contributed by atoms with E-state index in [9.17, 15) is 14.0 Å². The van der Waals surface area contributed by atoms with Crippen LogP contribution in [0.1, 0.15) is 22.8 Å². The minimum absolute atomic E-state index is 0.0196. The van der Waals surface area contributed by atoms with Crippen molar-refractivity contribution in [3.63, 3.8) is 0 Å². The maximum Gasteiger partial charge on any atom is 0.246 e. The van der Waals surface area contributed by atoms with Crippen LogP contribution in [-0.2, 0) is 11.3 Å². The van der Waals surface area contributed by atoms with E-state index in [2.05, 4.69) is 0 Å². The molecule has 0 bridgehead atoms. The fraction of sp³-hybridized carbons (Fsp3) is 0.120. The summed E-state index contributed by atoms with van der Waals surface area (Å²) in [5, 5.41) is 0.696. The van der Waals surface area contributed by atoms with Crippen LogP contribution in [0.25, 0.3) is 10.9 Å². The first-order valence-corrected chi connectivity index (χ1v) is 9.82. The van der Waals surface area contributed by atoms with Gasteiger partial charge in [0, 0.05) is 34.9 Å². The zero-order valence-electron chi connectivity index (χ0n) is 16.6. The van der Waals surface area contributed by atoms with Gasteiger partial charge in [0.05, 0.1) is 5.56 Å². The summed E-state index contributed by atoms with van der Waals surface area (Å²) in [5.41, 5.74) is 1.98. The standard InChI is InChI=1S/C25H21FN2O2/c1-2-28(18-10-4-3-5-11-18)24(29)17-27-16-21(19-12-7-9-15-23(19)27)25(30)20-13-6-8-14-22(20)26/h3-16H,2,17H2,1H3. The highest BCUT2D eigenvalue weighted by Gasteiger charge is 2.21. The molecule has 0 saturated carbocycles. The molecule has 0 atom stereocenters. The largest absolute Gasteiger partial charge is 0.337 e. The maximum absolute atomic E-state index is 14.2. The van der Waals surface area contributed by atoms with Crippen molar-refractivity contribution in [2.75, 3.05) is 11.4 Å². The number of anilines is 1. The lowest BCUT2D eigenvalue weighted by Crippen LogP contribution is -2.33. The Morgan fingerprint density at radius 1 is 0.867 bits per heavy atom. The summed E-state index contributed by atoms with van der Waals surface area (Å²) < 4.78 is 16.0. The molecule has 0 fully saturated rings. The quantitative estimate of drug-likeness (QED) is 0.424. The van der Waals surface area contributed by atoms with Gasteiger partial charge in [-0.15, -0.1) is 0 Å². The molecule has 3 aromatic carbocycles. The van der Waals surface area contributed by atoms with Crippen molar-refractivity contribution in [1.29, 1.82) is 0 Å². The number of amides is 1. The van der Waals surface area contributed by atoms with Crippen molar-refractivity contribution in [1.82, 2.24) is 4.57 Å². The van der Waals surface area contributed by atoms with Gasteiger partial charge in [-0.05, 0) is 37.3 Å². The molecule has 0 N–H and O–H groups in total. The Hall–Kier alpha value is -3.73. The van der Waals surface area contributed by atoms with E-state index in [0.717, 1.165) is 11.2 Å². The van der Waals surface area contributed by atoms with Crippen LogP contribution in [0, 0.1) is 5.82 Å². The van der Waals surface area contributed by atoms with E-state index in [-0.39, 0.29) is 18.0 Å². The van der Waals surface area contributed by atoms with E-state index in [4.69, 9.17) is 0 Å². The predicted octanol–water partition coefficient (Wildman–Crippen LogP) is 5.06. The number of rotatable bonds is 6. The van der Waals surface area contributed by atoms with Crippen molar-refractivity contribution < 1.29 is 14.0 Å². The van der Waals surface area contributed by atoms with Crippen molar-refractivity contribution in [3.8, 4) is 0 Å². The van der Waals surface area contributed by atoms with Crippen LogP contribution in [0.4, 0.5) is 10.1 Å². The summed E-state index contributed by atoms with van der Waals surface area (Å²) in [5.74, 6) is -1.04. The summed E-state index contributed by atoms with van der Waals surface area (Å²) >= 11 is 0. The first-order valence-electron chi connectivity index (χ1n) is 9.82. The van der Waals surface area contributed by atoms with E-state index < -0.39 is 11.6 Å². The Balaban J connectivity index is 1.71. The van der Waals surface area contributed by atoms with E-state index >= 15 is 0 Å². The summed E-state index contributed by atoms with van der Waals surface area (Å²) in [7, 11) is 0. The number of halogens is 1. The molecule has 150 valence electrons. The summed E-state index contributed by atoms with van der Waals surface area (Å²) in [6.45, 7) is 2.53. The smallest absolute Gasteiger partial charge is 0.246 e. The van der Waals surface area contributed by atoms with Crippen molar-refractivity contribution in [2.45, 2.75) is 13.5 Å². The second-order valence-corrected chi connectivity index (χ2v) is 6.97. The number of nitrogens with zero attached hydrogens (tertiary/aromatic N) is 2. The molecule has 1 amide bonds. The second kappa shape index (κ2) is 8.33. The Bertz CT molecular complexity index is 1210. The van der Waals surface area contributed by atoms with Crippen LogP contribution in [-0.4, -0.2) is 22.8 Å². The Labute approximate surface area is 174 Å². The molecule has 0 aliphatic carbocycles. The van der Waals surface area contributed by atoms with Gasteiger partial charge in [-0.1, -0.05) is 48.5 Å². The van der Waals surface area contributed by atoms with Crippen molar-refractivity contribution >= 4 is 28.3 Å². The van der Waals surface area contributed by atoms with Crippen LogP contribution in [0.2, 0.25) is 0 Å². The van der Waals surface area contributed by atoms with Crippen molar-refractivity contribution in [3.05, 3.63) is 102 Å². The third-order valence-corrected chi connectivity index (χ3v) is 5.14. The lowest BCUT2D eigenvalue weighted by atomic mass is 10.0. The molecule has 30 heavy (non-hydrogen) atoms. The molecular formula is C25H21FN2O2. The fourth-order valence-electron chi connectivity index (χ4n) is 3.69. The van der Waals surface area contributed by atoms with Crippen LogP contribution in [0.5, 0.6) is 0 Å². The first kappa shape index (κ1) is 19.6. The van der Waals surface area contributed by atoms with Gasteiger partial charge < -0.3 is 9.47 Å². The number of ketones is 1.